The molecule has 1 aliphatic heterocycles. The highest BCUT2D eigenvalue weighted by molar-refractivity contribution is 7.89. The van der Waals surface area contributed by atoms with E-state index in [1.54, 1.807) is 17.0 Å². The van der Waals surface area contributed by atoms with E-state index < -0.39 is 10.0 Å². The van der Waals surface area contributed by atoms with Crippen molar-refractivity contribution >= 4 is 15.9 Å². The second-order valence-corrected chi connectivity index (χ2v) is 8.07. The van der Waals surface area contributed by atoms with Crippen molar-refractivity contribution in [3.8, 4) is 0 Å². The number of carbonyl (C=O) groups excluding carboxylic acids is 1. The van der Waals surface area contributed by atoms with Gasteiger partial charge in [0.2, 0.25) is 10.0 Å². The number of amides is 1. The standard InChI is InChI=1S/C16H25N3O3S/c1-12(2)11-18-23(21,22)15-7-5-13(6-8-15)16(20)19-9-3-4-14(19)10-17/h5-8,12,14,18H,3-4,9-11,17H2,1-2H3. The lowest BCUT2D eigenvalue weighted by atomic mass is 10.1. The molecule has 2 rings (SSSR count). The van der Waals surface area contributed by atoms with Crippen LogP contribution in [0, 0.1) is 5.92 Å². The number of benzene rings is 1. The summed E-state index contributed by atoms with van der Waals surface area (Å²) in [4.78, 5) is 14.4. The molecule has 7 heteroatoms. The van der Waals surface area contributed by atoms with Crippen LogP contribution in [0.25, 0.3) is 0 Å². The average Bonchev–Trinajstić information content (AvgIpc) is 3.01. The van der Waals surface area contributed by atoms with E-state index in [0.717, 1.165) is 12.8 Å². The van der Waals surface area contributed by atoms with Crippen LogP contribution in [-0.4, -0.2) is 44.9 Å². The van der Waals surface area contributed by atoms with E-state index >= 15 is 0 Å². The van der Waals surface area contributed by atoms with Gasteiger partial charge in [0.05, 0.1) is 4.90 Å². The van der Waals surface area contributed by atoms with Gasteiger partial charge in [0.25, 0.3) is 5.91 Å². The summed E-state index contributed by atoms with van der Waals surface area (Å²) in [6.45, 7) is 5.42. The van der Waals surface area contributed by atoms with Crippen LogP contribution in [0.4, 0.5) is 0 Å². The number of rotatable bonds is 6. The first-order valence-electron chi connectivity index (χ1n) is 7.96. The largest absolute Gasteiger partial charge is 0.334 e. The first-order valence-corrected chi connectivity index (χ1v) is 9.44. The van der Waals surface area contributed by atoms with Gasteiger partial charge in [-0.1, -0.05) is 13.8 Å². The molecule has 6 nitrogen and oxygen atoms in total. The summed E-state index contributed by atoms with van der Waals surface area (Å²) in [6, 6.07) is 6.17. The number of hydrogen-bond donors (Lipinski definition) is 2. The number of nitrogens with one attached hydrogen (secondary N) is 1. The molecule has 128 valence electrons. The van der Waals surface area contributed by atoms with Gasteiger partial charge in [0.1, 0.15) is 0 Å². The van der Waals surface area contributed by atoms with Gasteiger partial charge in [-0.3, -0.25) is 4.79 Å². The van der Waals surface area contributed by atoms with Crippen LogP contribution in [0.15, 0.2) is 29.2 Å². The number of likely N-dealkylation sites (tertiary alicyclic amines) is 1. The molecule has 1 atom stereocenters. The van der Waals surface area contributed by atoms with Crippen molar-refractivity contribution in [2.75, 3.05) is 19.6 Å². The minimum Gasteiger partial charge on any atom is -0.334 e. The number of hydrogen-bond acceptors (Lipinski definition) is 4. The maximum absolute atomic E-state index is 12.5. The molecule has 0 spiro atoms. The smallest absolute Gasteiger partial charge is 0.254 e. The molecular formula is C16H25N3O3S. The van der Waals surface area contributed by atoms with Gasteiger partial charge < -0.3 is 10.6 Å². The molecule has 1 saturated heterocycles. The Hall–Kier alpha value is -1.44. The Morgan fingerprint density at radius 1 is 1.35 bits per heavy atom. The third-order valence-electron chi connectivity index (χ3n) is 4.00. The SMILES string of the molecule is CC(C)CNS(=O)(=O)c1ccc(C(=O)N2CCCC2CN)cc1. The van der Waals surface area contributed by atoms with E-state index in [0.29, 0.717) is 25.2 Å². The van der Waals surface area contributed by atoms with Gasteiger partial charge in [0.15, 0.2) is 0 Å². The third-order valence-corrected chi connectivity index (χ3v) is 5.44. The Labute approximate surface area is 138 Å². The number of sulfonamides is 1. The third kappa shape index (κ3) is 4.31. The topological polar surface area (TPSA) is 92.5 Å². The molecule has 1 unspecified atom stereocenters. The van der Waals surface area contributed by atoms with E-state index in [2.05, 4.69) is 4.72 Å². The van der Waals surface area contributed by atoms with Gasteiger partial charge in [-0.25, -0.2) is 13.1 Å². The second kappa shape index (κ2) is 7.42. The fraction of sp³-hybridized carbons (Fsp3) is 0.562. The predicted molar refractivity (Wildman–Crippen MR) is 89.6 cm³/mol. The van der Waals surface area contributed by atoms with Gasteiger partial charge >= 0.3 is 0 Å². The van der Waals surface area contributed by atoms with Crippen molar-refractivity contribution < 1.29 is 13.2 Å². The molecule has 0 radical (unpaired) electrons. The summed E-state index contributed by atoms with van der Waals surface area (Å²) in [6.07, 6.45) is 1.88. The van der Waals surface area contributed by atoms with Gasteiger partial charge in [-0.15, -0.1) is 0 Å². The molecule has 3 N–H and O–H groups in total. The van der Waals surface area contributed by atoms with Crippen LogP contribution >= 0.6 is 0 Å². The Balaban J connectivity index is 2.11. The highest BCUT2D eigenvalue weighted by atomic mass is 32.2. The average molecular weight is 339 g/mol. The van der Waals surface area contributed by atoms with E-state index in [4.69, 9.17) is 5.73 Å². The summed E-state index contributed by atoms with van der Waals surface area (Å²) >= 11 is 0. The highest BCUT2D eigenvalue weighted by Gasteiger charge is 2.28. The maximum atomic E-state index is 12.5. The van der Waals surface area contributed by atoms with Gasteiger partial charge in [-0.05, 0) is 43.0 Å². The fourth-order valence-electron chi connectivity index (χ4n) is 2.65. The van der Waals surface area contributed by atoms with Crippen molar-refractivity contribution in [1.82, 2.24) is 9.62 Å². The van der Waals surface area contributed by atoms with Crippen molar-refractivity contribution in [2.45, 2.75) is 37.6 Å². The lowest BCUT2D eigenvalue weighted by Crippen LogP contribution is -2.39. The van der Waals surface area contributed by atoms with Crippen molar-refractivity contribution in [3.05, 3.63) is 29.8 Å². The lowest BCUT2D eigenvalue weighted by Gasteiger charge is -2.23. The summed E-state index contributed by atoms with van der Waals surface area (Å²) in [5.74, 6) is 0.144. The molecule has 1 aromatic carbocycles. The van der Waals surface area contributed by atoms with E-state index in [-0.39, 0.29) is 22.8 Å². The molecule has 1 aromatic rings. The summed E-state index contributed by atoms with van der Waals surface area (Å²) in [7, 11) is -3.53. The predicted octanol–water partition coefficient (Wildman–Crippen LogP) is 1.18. The van der Waals surface area contributed by atoms with Crippen molar-refractivity contribution in [1.29, 1.82) is 0 Å². The van der Waals surface area contributed by atoms with Gasteiger partial charge in [-0.2, -0.15) is 0 Å². The van der Waals surface area contributed by atoms with Crippen LogP contribution in [0.3, 0.4) is 0 Å². The number of nitrogens with zero attached hydrogens (tertiary/aromatic N) is 1. The van der Waals surface area contributed by atoms with E-state index in [1.807, 2.05) is 13.8 Å². The monoisotopic (exact) mass is 339 g/mol. The zero-order chi connectivity index (χ0) is 17.0. The summed E-state index contributed by atoms with van der Waals surface area (Å²) in [5.41, 5.74) is 6.19. The van der Waals surface area contributed by atoms with Crippen LogP contribution in [-0.2, 0) is 10.0 Å². The fourth-order valence-corrected chi connectivity index (χ4v) is 3.86. The molecular weight excluding hydrogens is 314 g/mol. The Morgan fingerprint density at radius 2 is 2.00 bits per heavy atom. The lowest BCUT2D eigenvalue weighted by molar-refractivity contribution is 0.0741. The first-order chi connectivity index (χ1) is 10.8. The molecule has 0 aliphatic carbocycles. The molecule has 1 aliphatic rings. The van der Waals surface area contributed by atoms with Crippen LogP contribution in [0.1, 0.15) is 37.0 Å². The Bertz CT molecular complexity index is 641. The zero-order valence-electron chi connectivity index (χ0n) is 13.7. The molecule has 1 fully saturated rings. The van der Waals surface area contributed by atoms with E-state index in [1.165, 1.54) is 12.1 Å². The molecule has 23 heavy (non-hydrogen) atoms. The molecule has 1 amide bonds. The summed E-state index contributed by atoms with van der Waals surface area (Å²) in [5, 5.41) is 0. The van der Waals surface area contributed by atoms with E-state index in [9.17, 15) is 13.2 Å². The van der Waals surface area contributed by atoms with Crippen molar-refractivity contribution in [3.63, 3.8) is 0 Å². The Morgan fingerprint density at radius 3 is 2.57 bits per heavy atom. The quantitative estimate of drug-likeness (QED) is 0.814. The Kier molecular flexibility index (Phi) is 5.78. The van der Waals surface area contributed by atoms with Gasteiger partial charge in [0, 0.05) is 31.2 Å². The zero-order valence-corrected chi connectivity index (χ0v) is 14.5. The first kappa shape index (κ1) is 17.9. The molecule has 1 heterocycles. The van der Waals surface area contributed by atoms with Crippen LogP contribution in [0.2, 0.25) is 0 Å². The molecule has 0 bridgehead atoms. The van der Waals surface area contributed by atoms with Crippen LogP contribution in [0.5, 0.6) is 0 Å². The summed E-state index contributed by atoms with van der Waals surface area (Å²) < 4.78 is 26.9. The second-order valence-electron chi connectivity index (χ2n) is 6.30. The highest BCUT2D eigenvalue weighted by Crippen LogP contribution is 2.20. The van der Waals surface area contributed by atoms with Crippen LogP contribution < -0.4 is 10.5 Å². The molecule has 0 aromatic heterocycles. The van der Waals surface area contributed by atoms with Crippen molar-refractivity contribution in [2.24, 2.45) is 11.7 Å². The maximum Gasteiger partial charge on any atom is 0.254 e. The normalized spacial score (nSPS) is 18.6. The number of carbonyl (C=O) groups is 1. The minimum atomic E-state index is -3.53. The number of nitrogens with two attached hydrogens (primary N) is 1. The minimum absolute atomic E-state index is 0.0821. The molecule has 0 saturated carbocycles.